The van der Waals surface area contributed by atoms with Crippen LogP contribution in [-0.2, 0) is 11.8 Å². The summed E-state index contributed by atoms with van der Waals surface area (Å²) in [5.41, 5.74) is 7.15. The van der Waals surface area contributed by atoms with Gasteiger partial charge in [0.25, 0.3) is 0 Å². The van der Waals surface area contributed by atoms with Gasteiger partial charge in [-0.1, -0.05) is 42.8 Å². The Morgan fingerprint density at radius 1 is 1.14 bits per heavy atom. The van der Waals surface area contributed by atoms with Gasteiger partial charge in [0.1, 0.15) is 0 Å². The maximum Gasteiger partial charge on any atom is 0.195 e. The number of nitrogens with one attached hydrogen (secondary N) is 2. The highest BCUT2D eigenvalue weighted by Crippen LogP contribution is 2.45. The molecule has 4 nitrogen and oxygen atoms in total. The first-order valence-corrected chi connectivity index (χ1v) is 11.2. The van der Waals surface area contributed by atoms with Gasteiger partial charge in [-0.25, -0.2) is 0 Å². The second-order valence-electron chi connectivity index (χ2n) is 8.64. The average molecular weight is 452 g/mol. The molecule has 2 aromatic carbocycles. The Hall–Kier alpha value is -2.11. The number of ketones is 1. The lowest BCUT2D eigenvalue weighted by Crippen LogP contribution is -2.44. The molecule has 0 amide bonds. The summed E-state index contributed by atoms with van der Waals surface area (Å²) in [6.07, 6.45) is 0.925. The molecule has 1 aliphatic heterocycles. The third kappa shape index (κ3) is 2.78. The highest BCUT2D eigenvalue weighted by molar-refractivity contribution is 9.10. The van der Waals surface area contributed by atoms with Crippen LogP contribution < -0.4 is 10.2 Å². The molecule has 2 aliphatic rings. The monoisotopic (exact) mass is 451 g/mol. The van der Waals surface area contributed by atoms with Gasteiger partial charge < -0.3 is 15.2 Å². The molecule has 2 N–H and O–H groups in total. The third-order valence-electron chi connectivity index (χ3n) is 6.59. The van der Waals surface area contributed by atoms with Gasteiger partial charge in [0.15, 0.2) is 5.78 Å². The van der Waals surface area contributed by atoms with Crippen LogP contribution in [0.2, 0.25) is 0 Å². The fourth-order valence-electron chi connectivity index (χ4n) is 4.97. The Kier molecular flexibility index (Phi) is 4.37. The van der Waals surface area contributed by atoms with Gasteiger partial charge in [-0.15, -0.1) is 0 Å². The zero-order valence-electron chi connectivity index (χ0n) is 17.2. The van der Waals surface area contributed by atoms with Gasteiger partial charge in [0.2, 0.25) is 0 Å². The van der Waals surface area contributed by atoms with Crippen LogP contribution in [0.25, 0.3) is 10.9 Å². The van der Waals surface area contributed by atoms with Crippen LogP contribution in [-0.4, -0.2) is 36.9 Å². The minimum Gasteiger partial charge on any atom is -0.369 e. The minimum atomic E-state index is -0.265. The molecule has 1 aromatic heterocycles. The van der Waals surface area contributed by atoms with Crippen molar-refractivity contribution >= 4 is 38.3 Å². The number of anilines is 1. The van der Waals surface area contributed by atoms with Crippen LogP contribution in [0, 0.1) is 0 Å². The van der Waals surface area contributed by atoms with E-state index in [-0.39, 0.29) is 11.2 Å². The normalized spacial score (nSPS) is 18.1. The Balaban J connectivity index is 1.74. The van der Waals surface area contributed by atoms with Gasteiger partial charge in [0.05, 0.1) is 5.56 Å². The van der Waals surface area contributed by atoms with E-state index in [9.17, 15) is 4.79 Å². The Morgan fingerprint density at radius 3 is 2.62 bits per heavy atom. The molecule has 5 rings (SSSR count). The van der Waals surface area contributed by atoms with Gasteiger partial charge in [-0.2, -0.15) is 0 Å². The molecule has 1 saturated heterocycles. The van der Waals surface area contributed by atoms with E-state index in [1.807, 2.05) is 12.1 Å². The van der Waals surface area contributed by atoms with E-state index in [1.54, 1.807) is 0 Å². The Morgan fingerprint density at radius 2 is 1.90 bits per heavy atom. The summed E-state index contributed by atoms with van der Waals surface area (Å²) >= 11 is 3.55. The van der Waals surface area contributed by atoms with Crippen LogP contribution >= 0.6 is 15.9 Å². The zero-order chi connectivity index (χ0) is 20.3. The van der Waals surface area contributed by atoms with Gasteiger partial charge in [-0.3, -0.25) is 4.79 Å². The summed E-state index contributed by atoms with van der Waals surface area (Å²) in [6.45, 7) is 10.7. The zero-order valence-corrected chi connectivity index (χ0v) is 18.7. The number of fused-ring (bicyclic) bond motifs is 4. The van der Waals surface area contributed by atoms with Crippen LogP contribution in [0.15, 0.2) is 34.8 Å². The highest BCUT2D eigenvalue weighted by atomic mass is 79.9. The predicted molar refractivity (Wildman–Crippen MR) is 122 cm³/mol. The number of carbonyl (C=O) groups excluding carboxylic acids is 1. The van der Waals surface area contributed by atoms with E-state index in [0.717, 1.165) is 70.4 Å². The lowest BCUT2D eigenvalue weighted by atomic mass is 9.70. The van der Waals surface area contributed by atoms with Gasteiger partial charge in [-0.05, 0) is 41.8 Å². The van der Waals surface area contributed by atoms with E-state index in [2.05, 4.69) is 70.1 Å². The molecule has 2 heterocycles. The predicted octanol–water partition coefficient (Wildman–Crippen LogP) is 4.77. The molecule has 0 unspecified atom stereocenters. The molecule has 29 heavy (non-hydrogen) atoms. The fraction of sp³-hybridized carbons (Fsp3) is 0.375. The molecule has 150 valence electrons. The lowest BCUT2D eigenvalue weighted by Gasteiger charge is -2.36. The summed E-state index contributed by atoms with van der Waals surface area (Å²) < 4.78 is 1.01. The second kappa shape index (κ2) is 6.71. The number of aromatic nitrogens is 1. The first-order chi connectivity index (χ1) is 13.9. The number of nitrogens with zero attached hydrogens (tertiary/aromatic N) is 1. The quantitative estimate of drug-likeness (QED) is 0.589. The van der Waals surface area contributed by atoms with E-state index in [1.165, 1.54) is 11.3 Å². The smallest absolute Gasteiger partial charge is 0.195 e. The number of aromatic amines is 1. The Labute approximate surface area is 179 Å². The van der Waals surface area contributed by atoms with Crippen molar-refractivity contribution in [3.63, 3.8) is 0 Å². The van der Waals surface area contributed by atoms with Crippen LogP contribution in [0.5, 0.6) is 0 Å². The number of carbonyl (C=O) groups is 1. The molecule has 1 fully saturated rings. The molecular weight excluding hydrogens is 426 g/mol. The summed E-state index contributed by atoms with van der Waals surface area (Å²) in [7, 11) is 0. The molecule has 1 aliphatic carbocycles. The number of aryl methyl sites for hydroxylation is 1. The largest absolute Gasteiger partial charge is 0.369 e. The first kappa shape index (κ1) is 18.9. The van der Waals surface area contributed by atoms with Crippen molar-refractivity contribution in [2.75, 3.05) is 31.1 Å². The number of halogens is 1. The SMILES string of the molecule is CCc1cc2c(cc1N1CCNCC1)C(C)(C)c1[nH]c3cc(Br)ccc3c1C2=O. The van der Waals surface area contributed by atoms with Crippen molar-refractivity contribution in [1.82, 2.24) is 10.3 Å². The number of H-pyrrole nitrogens is 1. The van der Waals surface area contributed by atoms with Crippen LogP contribution in [0.3, 0.4) is 0 Å². The van der Waals surface area contributed by atoms with Gasteiger partial charge in [0, 0.05) is 63.9 Å². The van der Waals surface area contributed by atoms with Crippen molar-refractivity contribution in [3.8, 4) is 0 Å². The maximum atomic E-state index is 13.7. The van der Waals surface area contributed by atoms with Crippen LogP contribution in [0.1, 0.15) is 53.5 Å². The molecule has 5 heteroatoms. The van der Waals surface area contributed by atoms with Crippen LogP contribution in [0.4, 0.5) is 5.69 Å². The van der Waals surface area contributed by atoms with Crippen molar-refractivity contribution in [2.45, 2.75) is 32.6 Å². The average Bonchev–Trinajstić information content (AvgIpc) is 3.12. The fourth-order valence-corrected chi connectivity index (χ4v) is 5.33. The van der Waals surface area contributed by atoms with Crippen molar-refractivity contribution in [3.05, 3.63) is 62.8 Å². The molecule has 0 saturated carbocycles. The molecular formula is C24H26BrN3O. The van der Waals surface area contributed by atoms with Crippen molar-refractivity contribution < 1.29 is 4.79 Å². The van der Waals surface area contributed by atoms with E-state index >= 15 is 0 Å². The first-order valence-electron chi connectivity index (χ1n) is 10.4. The summed E-state index contributed by atoms with van der Waals surface area (Å²) in [6, 6.07) is 10.6. The summed E-state index contributed by atoms with van der Waals surface area (Å²) in [5, 5.41) is 4.45. The number of hydrogen-bond donors (Lipinski definition) is 2. The third-order valence-corrected chi connectivity index (χ3v) is 7.08. The lowest BCUT2D eigenvalue weighted by molar-refractivity contribution is 0.103. The van der Waals surface area contributed by atoms with E-state index in [4.69, 9.17) is 0 Å². The number of piperazine rings is 1. The standard InChI is InChI=1S/C24H26BrN3O/c1-4-14-11-17-18(13-20(14)28-9-7-26-8-10-28)24(2,3)23-21(22(17)29)16-6-5-15(25)12-19(16)27-23/h5-6,11-13,26-27H,4,7-10H2,1-3H3. The maximum absolute atomic E-state index is 13.7. The number of benzene rings is 2. The van der Waals surface area contributed by atoms with Crippen molar-refractivity contribution in [2.24, 2.45) is 0 Å². The van der Waals surface area contributed by atoms with Crippen molar-refractivity contribution in [1.29, 1.82) is 0 Å². The highest BCUT2D eigenvalue weighted by Gasteiger charge is 2.40. The molecule has 3 aromatic rings. The van der Waals surface area contributed by atoms with E-state index in [0.29, 0.717) is 0 Å². The Bertz CT molecular complexity index is 1140. The molecule has 0 spiro atoms. The number of hydrogen-bond acceptors (Lipinski definition) is 3. The van der Waals surface area contributed by atoms with Gasteiger partial charge >= 0.3 is 0 Å². The molecule has 0 bridgehead atoms. The summed E-state index contributed by atoms with van der Waals surface area (Å²) in [5.74, 6) is 0.143. The number of rotatable bonds is 2. The molecule has 0 radical (unpaired) electrons. The van der Waals surface area contributed by atoms with E-state index < -0.39 is 0 Å². The second-order valence-corrected chi connectivity index (χ2v) is 9.55. The minimum absolute atomic E-state index is 0.143. The molecule has 0 atom stereocenters. The topological polar surface area (TPSA) is 48.1 Å². The summed E-state index contributed by atoms with van der Waals surface area (Å²) in [4.78, 5) is 19.7.